The number of fused-ring (bicyclic) bond motifs is 1. The number of carbonyl (C=O) groups is 2. The number of Topliss-reactive ketones (excluding diaryl/α,β-unsaturated/α-hetero) is 1. The molecular formula is C25H21ClN2O4. The predicted molar refractivity (Wildman–Crippen MR) is 125 cm³/mol. The second-order valence-corrected chi connectivity index (χ2v) is 7.37. The predicted octanol–water partition coefficient (Wildman–Crippen LogP) is 5.49. The van der Waals surface area contributed by atoms with Crippen molar-refractivity contribution in [3.63, 3.8) is 0 Å². The summed E-state index contributed by atoms with van der Waals surface area (Å²) in [5.41, 5.74) is 2.75. The number of ether oxygens (including phenoxy) is 2. The second kappa shape index (κ2) is 9.16. The molecule has 4 aromatic rings. The van der Waals surface area contributed by atoms with Crippen LogP contribution in [-0.4, -0.2) is 29.8 Å². The first-order valence-electron chi connectivity index (χ1n) is 10.0. The van der Waals surface area contributed by atoms with E-state index in [2.05, 4.69) is 5.32 Å². The van der Waals surface area contributed by atoms with Crippen LogP contribution in [0.5, 0.6) is 11.5 Å². The Balaban J connectivity index is 1.77. The molecule has 1 amide bonds. The maximum atomic E-state index is 13.4. The maximum absolute atomic E-state index is 13.4. The number of hydrogen-bond donors (Lipinski definition) is 1. The third kappa shape index (κ3) is 4.05. The molecule has 0 aliphatic rings. The normalized spacial score (nSPS) is 10.7. The number of methoxy groups -OCH3 is 1. The molecule has 2 aromatic carbocycles. The number of carbonyl (C=O) groups excluding carboxylic acids is 2. The highest BCUT2D eigenvalue weighted by Crippen LogP contribution is 2.34. The number of pyridine rings is 1. The summed E-state index contributed by atoms with van der Waals surface area (Å²) in [6.07, 6.45) is 1.75. The quantitative estimate of drug-likeness (QED) is 0.300. The zero-order valence-electron chi connectivity index (χ0n) is 17.6. The monoisotopic (exact) mass is 448 g/mol. The molecule has 0 unspecified atom stereocenters. The fourth-order valence-electron chi connectivity index (χ4n) is 3.55. The van der Waals surface area contributed by atoms with Crippen molar-refractivity contribution in [2.24, 2.45) is 0 Å². The molecule has 4 rings (SSSR count). The van der Waals surface area contributed by atoms with E-state index in [4.69, 9.17) is 21.1 Å². The van der Waals surface area contributed by atoms with E-state index >= 15 is 0 Å². The van der Waals surface area contributed by atoms with Crippen molar-refractivity contribution in [1.82, 2.24) is 4.40 Å². The van der Waals surface area contributed by atoms with Crippen LogP contribution < -0.4 is 14.8 Å². The van der Waals surface area contributed by atoms with E-state index in [1.165, 1.54) is 7.11 Å². The van der Waals surface area contributed by atoms with Gasteiger partial charge in [-0.15, -0.1) is 0 Å². The number of aromatic nitrogens is 1. The zero-order chi connectivity index (χ0) is 22.7. The van der Waals surface area contributed by atoms with Gasteiger partial charge in [0.1, 0.15) is 17.2 Å². The van der Waals surface area contributed by atoms with Crippen molar-refractivity contribution in [3.05, 3.63) is 83.6 Å². The smallest absolute Gasteiger partial charge is 0.298 e. The van der Waals surface area contributed by atoms with Gasteiger partial charge in [0.2, 0.25) is 0 Å². The van der Waals surface area contributed by atoms with Gasteiger partial charge in [-0.05, 0) is 55.0 Å². The van der Waals surface area contributed by atoms with Gasteiger partial charge in [-0.1, -0.05) is 35.9 Å². The van der Waals surface area contributed by atoms with Crippen LogP contribution in [0.1, 0.15) is 17.4 Å². The lowest BCUT2D eigenvalue weighted by atomic mass is 10.0. The van der Waals surface area contributed by atoms with Crippen LogP contribution in [0.3, 0.4) is 0 Å². The van der Waals surface area contributed by atoms with Gasteiger partial charge in [-0.3, -0.25) is 9.59 Å². The van der Waals surface area contributed by atoms with Gasteiger partial charge < -0.3 is 19.2 Å². The molecule has 1 N–H and O–H groups in total. The summed E-state index contributed by atoms with van der Waals surface area (Å²) in [6, 6.07) is 19.6. The molecule has 7 heteroatoms. The number of anilines is 1. The summed E-state index contributed by atoms with van der Waals surface area (Å²) in [5, 5.41) is 3.09. The van der Waals surface area contributed by atoms with E-state index in [0.717, 1.165) is 5.52 Å². The second-order valence-electron chi connectivity index (χ2n) is 6.96. The number of halogens is 1. The topological polar surface area (TPSA) is 69.0 Å². The summed E-state index contributed by atoms with van der Waals surface area (Å²) in [6.45, 7) is 2.29. The molecule has 0 radical (unpaired) electrons. The minimum absolute atomic E-state index is 0.244. The van der Waals surface area contributed by atoms with Gasteiger partial charge >= 0.3 is 0 Å². The van der Waals surface area contributed by atoms with E-state index in [0.29, 0.717) is 39.9 Å². The van der Waals surface area contributed by atoms with Crippen molar-refractivity contribution in [1.29, 1.82) is 0 Å². The number of hydrogen-bond acceptors (Lipinski definition) is 4. The van der Waals surface area contributed by atoms with Crippen molar-refractivity contribution >= 4 is 34.5 Å². The van der Waals surface area contributed by atoms with Crippen LogP contribution in [0.25, 0.3) is 16.6 Å². The van der Waals surface area contributed by atoms with Gasteiger partial charge in [-0.25, -0.2) is 0 Å². The van der Waals surface area contributed by atoms with Crippen LogP contribution in [0.2, 0.25) is 5.02 Å². The van der Waals surface area contributed by atoms with Gasteiger partial charge in [-0.2, -0.15) is 0 Å². The molecule has 0 spiro atoms. The van der Waals surface area contributed by atoms with Crippen molar-refractivity contribution in [2.75, 3.05) is 19.0 Å². The summed E-state index contributed by atoms with van der Waals surface area (Å²) in [7, 11) is 1.53. The Morgan fingerprint density at radius 3 is 2.53 bits per heavy atom. The lowest BCUT2D eigenvalue weighted by Gasteiger charge is -2.12. The summed E-state index contributed by atoms with van der Waals surface area (Å²) in [5.74, 6) is -0.415. The van der Waals surface area contributed by atoms with Crippen molar-refractivity contribution in [3.8, 4) is 22.6 Å². The van der Waals surface area contributed by atoms with Gasteiger partial charge in [0.25, 0.3) is 11.7 Å². The minimum Gasteiger partial charge on any atom is -0.495 e. The number of ketones is 1. The molecular weight excluding hydrogens is 428 g/mol. The van der Waals surface area contributed by atoms with Gasteiger partial charge in [0.15, 0.2) is 0 Å². The number of amides is 1. The van der Waals surface area contributed by atoms with Crippen molar-refractivity contribution < 1.29 is 19.1 Å². The lowest BCUT2D eigenvalue weighted by molar-refractivity contribution is -0.112. The summed E-state index contributed by atoms with van der Waals surface area (Å²) >= 11 is 6.32. The molecule has 32 heavy (non-hydrogen) atoms. The highest BCUT2D eigenvalue weighted by molar-refractivity contribution is 6.47. The first-order valence-corrected chi connectivity index (χ1v) is 10.4. The Bertz CT molecular complexity index is 1310. The molecule has 0 aliphatic carbocycles. The molecule has 0 saturated carbocycles. The highest BCUT2D eigenvalue weighted by Gasteiger charge is 2.26. The standard InChI is InChI=1S/C25H21ClN2O4/c1-3-32-22-10-5-4-9-20(22)27-25(30)24(29)23-18(15-17-8-6-7-13-28(17)23)16-11-12-21(31-2)19(26)14-16/h4-15H,3H2,1-2H3,(H,27,30). The minimum atomic E-state index is -0.762. The number of nitrogens with zero attached hydrogens (tertiary/aromatic N) is 1. The average molecular weight is 449 g/mol. The molecule has 0 bridgehead atoms. The first-order chi connectivity index (χ1) is 15.5. The Hall–Kier alpha value is -3.77. The zero-order valence-corrected chi connectivity index (χ0v) is 18.3. The molecule has 0 aliphatic heterocycles. The van der Waals surface area contributed by atoms with E-state index < -0.39 is 11.7 Å². The maximum Gasteiger partial charge on any atom is 0.298 e. The number of benzene rings is 2. The Kier molecular flexibility index (Phi) is 6.14. The molecule has 0 fully saturated rings. The molecule has 2 aromatic heterocycles. The molecule has 6 nitrogen and oxygen atoms in total. The Morgan fingerprint density at radius 2 is 1.78 bits per heavy atom. The lowest BCUT2D eigenvalue weighted by Crippen LogP contribution is -2.25. The van der Waals surface area contributed by atoms with E-state index in [1.54, 1.807) is 59.1 Å². The third-order valence-corrected chi connectivity index (χ3v) is 5.29. The summed E-state index contributed by atoms with van der Waals surface area (Å²) in [4.78, 5) is 26.4. The van der Waals surface area contributed by atoms with Crippen LogP contribution in [0.15, 0.2) is 72.9 Å². The highest BCUT2D eigenvalue weighted by atomic mass is 35.5. The number of nitrogens with one attached hydrogen (secondary N) is 1. The fourth-order valence-corrected chi connectivity index (χ4v) is 3.80. The van der Waals surface area contributed by atoms with Crippen LogP contribution in [0.4, 0.5) is 5.69 Å². The third-order valence-electron chi connectivity index (χ3n) is 5.00. The molecule has 0 atom stereocenters. The van der Waals surface area contributed by atoms with E-state index in [-0.39, 0.29) is 5.69 Å². The Labute approximate surface area is 190 Å². The molecule has 2 heterocycles. The van der Waals surface area contributed by atoms with E-state index in [1.807, 2.05) is 25.1 Å². The largest absolute Gasteiger partial charge is 0.495 e. The SMILES string of the molecule is CCOc1ccccc1NC(=O)C(=O)c1c(-c2ccc(OC)c(Cl)c2)cc2ccccn12. The van der Waals surface area contributed by atoms with Gasteiger partial charge in [0.05, 0.1) is 24.4 Å². The van der Waals surface area contributed by atoms with Crippen LogP contribution >= 0.6 is 11.6 Å². The Morgan fingerprint density at radius 1 is 1.00 bits per heavy atom. The van der Waals surface area contributed by atoms with Crippen LogP contribution in [-0.2, 0) is 4.79 Å². The van der Waals surface area contributed by atoms with Crippen LogP contribution in [0, 0.1) is 0 Å². The number of para-hydroxylation sites is 2. The fraction of sp³-hybridized carbons (Fsp3) is 0.120. The van der Waals surface area contributed by atoms with Gasteiger partial charge in [0, 0.05) is 17.3 Å². The average Bonchev–Trinajstić information content (AvgIpc) is 3.19. The molecule has 0 saturated heterocycles. The molecule has 162 valence electrons. The first kappa shape index (κ1) is 21.5. The van der Waals surface area contributed by atoms with Crippen molar-refractivity contribution in [2.45, 2.75) is 6.92 Å². The summed E-state index contributed by atoms with van der Waals surface area (Å²) < 4.78 is 12.5. The number of rotatable bonds is 7. The van der Waals surface area contributed by atoms with E-state index in [9.17, 15) is 9.59 Å².